The van der Waals surface area contributed by atoms with Crippen LogP contribution in [0.15, 0.2) is 35.4 Å². The number of ether oxygens (including phenoxy) is 1. The highest BCUT2D eigenvalue weighted by Crippen LogP contribution is 2.02. The number of guanidine groups is 1. The second-order valence-corrected chi connectivity index (χ2v) is 6.12. The van der Waals surface area contributed by atoms with Crippen molar-refractivity contribution in [1.82, 2.24) is 16.0 Å². The summed E-state index contributed by atoms with van der Waals surface area (Å²) in [5.41, 5.74) is 6.01. The van der Waals surface area contributed by atoms with Crippen molar-refractivity contribution in [2.45, 2.75) is 38.5 Å². The summed E-state index contributed by atoms with van der Waals surface area (Å²) in [7, 11) is 0. The van der Waals surface area contributed by atoms with Crippen LogP contribution in [0.5, 0.6) is 0 Å². The number of aliphatic carboxylic acids is 1. The Bertz CT molecular complexity index is 771. The molecule has 0 fully saturated rings. The van der Waals surface area contributed by atoms with Gasteiger partial charge in [0.1, 0.15) is 23.8 Å². The van der Waals surface area contributed by atoms with Crippen LogP contribution in [0.4, 0.5) is 4.79 Å². The predicted molar refractivity (Wildman–Crippen MR) is 105 cm³/mol. The number of carbonyl (C=O) groups excluding carboxylic acids is 2. The number of carboxylic acids is 1. The monoisotopic (exact) mass is 424 g/mol. The van der Waals surface area contributed by atoms with Crippen LogP contribution in [-0.4, -0.2) is 52.7 Å². The lowest BCUT2D eigenvalue weighted by Gasteiger charge is -2.18. The van der Waals surface area contributed by atoms with Gasteiger partial charge in [0.25, 0.3) is 5.96 Å². The number of carbonyl (C=O) groups is 3. The zero-order chi connectivity index (χ0) is 22.5. The van der Waals surface area contributed by atoms with Crippen molar-refractivity contribution in [2.24, 2.45) is 10.8 Å². The number of hydrogen-bond donors (Lipinski definition) is 5. The molecule has 0 aromatic heterocycles. The molecule has 0 aliphatic heterocycles. The third kappa shape index (κ3) is 9.87. The highest BCUT2D eigenvalue weighted by molar-refractivity contribution is 5.88. The second-order valence-electron chi connectivity index (χ2n) is 6.12. The number of nitrogens with one attached hydrogen (secondary N) is 3. The van der Waals surface area contributed by atoms with E-state index < -0.39 is 41.0 Å². The van der Waals surface area contributed by atoms with Gasteiger partial charge >= 0.3 is 12.1 Å². The number of amides is 2. The summed E-state index contributed by atoms with van der Waals surface area (Å²) >= 11 is 0. The summed E-state index contributed by atoms with van der Waals surface area (Å²) < 4.78 is 5.01. The van der Waals surface area contributed by atoms with Gasteiger partial charge in [-0.2, -0.15) is 0 Å². The molecule has 0 spiro atoms. The Balaban J connectivity index is 2.40. The largest absolute Gasteiger partial charge is 0.480 e. The van der Waals surface area contributed by atoms with Crippen LogP contribution in [-0.2, 0) is 20.9 Å². The molecule has 6 N–H and O–H groups in total. The van der Waals surface area contributed by atoms with E-state index in [4.69, 9.17) is 10.5 Å². The average molecular weight is 424 g/mol. The van der Waals surface area contributed by atoms with Gasteiger partial charge in [0.05, 0.1) is 0 Å². The molecule has 0 saturated heterocycles. The Morgan fingerprint density at radius 1 is 1.27 bits per heavy atom. The number of hydrogen-bond acceptors (Lipinski definition) is 6. The lowest BCUT2D eigenvalue weighted by molar-refractivity contribution is -0.485. The summed E-state index contributed by atoms with van der Waals surface area (Å²) in [5.74, 6) is -2.39. The van der Waals surface area contributed by atoms with Crippen LogP contribution in [0.2, 0.25) is 0 Å². The number of rotatable bonds is 11. The maximum atomic E-state index is 12.2. The fourth-order valence-corrected chi connectivity index (χ4v) is 2.21. The highest BCUT2D eigenvalue weighted by atomic mass is 16.7. The van der Waals surface area contributed by atoms with Gasteiger partial charge in [0, 0.05) is 6.54 Å². The van der Waals surface area contributed by atoms with E-state index in [2.05, 4.69) is 21.1 Å². The topological polar surface area (TPSA) is 198 Å². The average Bonchev–Trinajstić information content (AvgIpc) is 2.68. The number of nitrogens with two attached hydrogens (primary N) is 1. The van der Waals surface area contributed by atoms with E-state index in [9.17, 15) is 29.6 Å². The van der Waals surface area contributed by atoms with Crippen LogP contribution < -0.4 is 21.7 Å². The number of carboxylic acid groups (broad SMARTS) is 1. The van der Waals surface area contributed by atoms with Gasteiger partial charge in [-0.05, 0) is 25.3 Å². The molecule has 1 aromatic rings. The molecule has 1 aromatic carbocycles. The molecule has 0 heterocycles. The zero-order valence-electron chi connectivity index (χ0n) is 16.2. The SMILES string of the molecule is CC(NC(=O)OCc1ccccc1)C(=O)N[C@@H](CCCN/C(N)=N/[N+](=O)[O-])C(=O)O. The van der Waals surface area contributed by atoms with E-state index in [0.29, 0.717) is 0 Å². The third-order valence-electron chi connectivity index (χ3n) is 3.72. The minimum absolute atomic E-state index is 0.0188. The molecular weight excluding hydrogens is 400 g/mol. The lowest BCUT2D eigenvalue weighted by Crippen LogP contribution is -2.50. The molecule has 1 unspecified atom stereocenters. The Morgan fingerprint density at radius 2 is 1.93 bits per heavy atom. The first-order chi connectivity index (χ1) is 14.2. The summed E-state index contributed by atoms with van der Waals surface area (Å²) in [6.45, 7) is 1.52. The number of hydrazone groups is 1. The van der Waals surface area contributed by atoms with Gasteiger partial charge in [0.2, 0.25) is 5.91 Å². The van der Waals surface area contributed by atoms with Crippen molar-refractivity contribution >= 4 is 23.9 Å². The Kier molecular flexibility index (Phi) is 10.1. The Morgan fingerprint density at radius 3 is 2.53 bits per heavy atom. The van der Waals surface area contributed by atoms with E-state index in [-0.39, 0.29) is 26.0 Å². The van der Waals surface area contributed by atoms with Crippen molar-refractivity contribution in [3.8, 4) is 0 Å². The fourth-order valence-electron chi connectivity index (χ4n) is 2.21. The molecule has 0 aliphatic carbocycles. The molecule has 2 amide bonds. The second kappa shape index (κ2) is 12.5. The standard InChI is InChI=1S/C17H24N6O7/c1-11(20-17(27)30-10-12-6-3-2-4-7-12)14(24)21-13(15(25)26)8-5-9-19-16(18)22-23(28)29/h2-4,6-7,11,13H,5,8-10H2,1H3,(H,20,27)(H,21,24)(H,25,26)(H3,18,19,22)/t11?,13-/m0/s1. The van der Waals surface area contributed by atoms with Crippen molar-refractivity contribution < 1.29 is 29.3 Å². The smallest absolute Gasteiger partial charge is 0.408 e. The molecular formula is C17H24N6O7. The maximum Gasteiger partial charge on any atom is 0.408 e. The van der Waals surface area contributed by atoms with Gasteiger partial charge in [-0.1, -0.05) is 30.3 Å². The molecule has 0 saturated carbocycles. The first kappa shape index (κ1) is 24.1. The number of alkyl carbamates (subject to hydrolysis) is 1. The number of nitrogens with zero attached hydrogens (tertiary/aromatic N) is 2. The summed E-state index contributed by atoms with van der Waals surface area (Å²) in [6, 6.07) is 6.68. The van der Waals surface area contributed by atoms with Gasteiger partial charge in [-0.15, -0.1) is 0 Å². The van der Waals surface area contributed by atoms with Crippen LogP contribution >= 0.6 is 0 Å². The number of benzene rings is 1. The van der Waals surface area contributed by atoms with Crippen molar-refractivity contribution in [3.63, 3.8) is 0 Å². The lowest BCUT2D eigenvalue weighted by atomic mass is 10.1. The van der Waals surface area contributed by atoms with Gasteiger partial charge in [-0.3, -0.25) is 4.79 Å². The molecule has 0 bridgehead atoms. The molecule has 13 nitrogen and oxygen atoms in total. The van der Waals surface area contributed by atoms with Crippen LogP contribution in [0.1, 0.15) is 25.3 Å². The van der Waals surface area contributed by atoms with Crippen LogP contribution in [0.25, 0.3) is 0 Å². The normalized spacial score (nSPS) is 12.9. The summed E-state index contributed by atoms with van der Waals surface area (Å²) in [5, 5.41) is 28.3. The molecule has 30 heavy (non-hydrogen) atoms. The van der Waals surface area contributed by atoms with E-state index >= 15 is 0 Å². The maximum absolute atomic E-state index is 12.2. The molecule has 13 heteroatoms. The summed E-state index contributed by atoms with van der Waals surface area (Å²) in [4.78, 5) is 45.4. The Labute approximate surface area is 171 Å². The van der Waals surface area contributed by atoms with E-state index in [1.807, 2.05) is 6.07 Å². The quantitative estimate of drug-likeness (QED) is 0.104. The van der Waals surface area contributed by atoms with E-state index in [1.165, 1.54) is 6.92 Å². The first-order valence-corrected chi connectivity index (χ1v) is 8.91. The van der Waals surface area contributed by atoms with Crippen LogP contribution in [0.3, 0.4) is 0 Å². The predicted octanol–water partition coefficient (Wildman–Crippen LogP) is -0.253. The fraction of sp³-hybridized carbons (Fsp3) is 0.412. The van der Waals surface area contributed by atoms with Gasteiger partial charge in [-0.25, -0.2) is 19.7 Å². The highest BCUT2D eigenvalue weighted by Gasteiger charge is 2.24. The van der Waals surface area contributed by atoms with Crippen molar-refractivity contribution in [3.05, 3.63) is 46.0 Å². The minimum Gasteiger partial charge on any atom is -0.480 e. The van der Waals surface area contributed by atoms with E-state index in [1.54, 1.807) is 24.3 Å². The summed E-state index contributed by atoms with van der Waals surface area (Å²) in [6.07, 6.45) is -0.574. The molecule has 0 aliphatic rings. The minimum atomic E-state index is -1.27. The first-order valence-electron chi connectivity index (χ1n) is 8.91. The third-order valence-corrected chi connectivity index (χ3v) is 3.72. The molecule has 1 rings (SSSR count). The van der Waals surface area contributed by atoms with Gasteiger partial charge in [0.15, 0.2) is 5.03 Å². The zero-order valence-corrected chi connectivity index (χ0v) is 16.2. The molecule has 2 atom stereocenters. The van der Waals surface area contributed by atoms with Crippen molar-refractivity contribution in [1.29, 1.82) is 0 Å². The van der Waals surface area contributed by atoms with E-state index in [0.717, 1.165) is 5.56 Å². The molecule has 0 radical (unpaired) electrons. The van der Waals surface area contributed by atoms with Crippen LogP contribution in [0, 0.1) is 10.1 Å². The van der Waals surface area contributed by atoms with Crippen molar-refractivity contribution in [2.75, 3.05) is 6.54 Å². The molecule has 164 valence electrons. The van der Waals surface area contributed by atoms with Gasteiger partial charge < -0.3 is 31.5 Å². The Hall–Kier alpha value is -3.90. The number of nitro groups is 1.